The lowest BCUT2D eigenvalue weighted by Gasteiger charge is -2.12. The molecular weight excluding hydrogens is 292 g/mol. The summed E-state index contributed by atoms with van der Waals surface area (Å²) in [5, 5.41) is 1.21. The molecule has 19 heavy (non-hydrogen) atoms. The molecule has 0 saturated heterocycles. The van der Waals surface area contributed by atoms with Crippen LogP contribution in [0.25, 0.3) is 0 Å². The number of hydrogen-bond acceptors (Lipinski definition) is 2. The number of thioether (sulfide) groups is 1. The van der Waals surface area contributed by atoms with Crippen LogP contribution < -0.4 is 0 Å². The first-order valence-electron chi connectivity index (χ1n) is 6.15. The highest BCUT2D eigenvalue weighted by Crippen LogP contribution is 2.23. The number of benzene rings is 2. The van der Waals surface area contributed by atoms with Gasteiger partial charge in [0.05, 0.1) is 4.20 Å². The summed E-state index contributed by atoms with van der Waals surface area (Å²) >= 11 is 13.1. The van der Waals surface area contributed by atoms with Gasteiger partial charge in [-0.3, -0.25) is 0 Å². The van der Waals surface area contributed by atoms with Gasteiger partial charge in [0, 0.05) is 10.3 Å². The molecule has 0 nitrogen and oxygen atoms in total. The van der Waals surface area contributed by atoms with Gasteiger partial charge in [-0.1, -0.05) is 73.2 Å². The van der Waals surface area contributed by atoms with Crippen molar-refractivity contribution in [1.29, 1.82) is 0 Å². The molecule has 98 valence electrons. The fourth-order valence-corrected chi connectivity index (χ4v) is 3.49. The van der Waals surface area contributed by atoms with E-state index in [1.165, 1.54) is 5.56 Å². The lowest BCUT2D eigenvalue weighted by atomic mass is 10.1. The zero-order valence-electron chi connectivity index (χ0n) is 10.7. The molecule has 0 bridgehead atoms. The van der Waals surface area contributed by atoms with Gasteiger partial charge in [-0.2, -0.15) is 0 Å². The zero-order chi connectivity index (χ0) is 13.7. The van der Waals surface area contributed by atoms with Crippen LogP contribution >= 0.6 is 35.6 Å². The van der Waals surface area contributed by atoms with Crippen molar-refractivity contribution in [3.05, 3.63) is 70.7 Å². The van der Waals surface area contributed by atoms with Gasteiger partial charge in [-0.05, 0) is 29.7 Å². The van der Waals surface area contributed by atoms with E-state index in [4.69, 9.17) is 23.8 Å². The molecule has 2 rings (SSSR count). The maximum absolute atomic E-state index is 5.88. The SMILES string of the molecule is CC(Cc1ccccc1)SC(=S)c1ccc(Cl)cc1. The Morgan fingerprint density at radius 1 is 1.11 bits per heavy atom. The number of halogens is 1. The molecule has 0 radical (unpaired) electrons. The number of rotatable bonds is 4. The highest BCUT2D eigenvalue weighted by molar-refractivity contribution is 8.24. The number of thiocarbonyl (C=S) groups is 1. The van der Waals surface area contributed by atoms with Crippen molar-refractivity contribution in [3.63, 3.8) is 0 Å². The summed E-state index contributed by atoms with van der Waals surface area (Å²) in [4.78, 5) is 0. The second kappa shape index (κ2) is 7.09. The summed E-state index contributed by atoms with van der Waals surface area (Å²) in [5.41, 5.74) is 2.42. The van der Waals surface area contributed by atoms with Crippen molar-refractivity contribution in [2.75, 3.05) is 0 Å². The lowest BCUT2D eigenvalue weighted by Crippen LogP contribution is -2.05. The fraction of sp³-hybridized carbons (Fsp3) is 0.188. The van der Waals surface area contributed by atoms with E-state index in [2.05, 4.69) is 31.2 Å². The second-order valence-electron chi connectivity index (χ2n) is 4.41. The van der Waals surface area contributed by atoms with E-state index in [-0.39, 0.29) is 0 Å². The van der Waals surface area contributed by atoms with E-state index in [0.29, 0.717) is 5.25 Å². The summed E-state index contributed by atoms with van der Waals surface area (Å²) in [6, 6.07) is 18.2. The van der Waals surface area contributed by atoms with E-state index < -0.39 is 0 Å². The Labute approximate surface area is 129 Å². The molecule has 0 amide bonds. The minimum absolute atomic E-state index is 0.463. The predicted octanol–water partition coefficient (Wildman–Crippen LogP) is 5.38. The molecule has 0 spiro atoms. The molecule has 1 atom stereocenters. The standard InChI is InChI=1S/C16H15ClS2/c1-12(11-13-5-3-2-4-6-13)19-16(18)14-7-9-15(17)10-8-14/h2-10,12H,11H2,1H3. The summed E-state index contributed by atoms with van der Waals surface area (Å²) in [5.74, 6) is 0. The molecular formula is C16H15ClS2. The molecule has 1 unspecified atom stereocenters. The van der Waals surface area contributed by atoms with Crippen LogP contribution in [-0.4, -0.2) is 9.45 Å². The van der Waals surface area contributed by atoms with Crippen molar-refractivity contribution >= 4 is 39.8 Å². The van der Waals surface area contributed by atoms with Crippen LogP contribution in [0.3, 0.4) is 0 Å². The molecule has 0 fully saturated rings. The summed E-state index contributed by atoms with van der Waals surface area (Å²) in [6.45, 7) is 2.21. The third-order valence-electron chi connectivity index (χ3n) is 2.75. The highest BCUT2D eigenvalue weighted by Gasteiger charge is 2.09. The van der Waals surface area contributed by atoms with Crippen molar-refractivity contribution in [2.24, 2.45) is 0 Å². The first-order valence-corrected chi connectivity index (χ1v) is 7.82. The fourth-order valence-electron chi connectivity index (χ4n) is 1.82. The Kier molecular flexibility index (Phi) is 5.44. The topological polar surface area (TPSA) is 0 Å². The normalized spacial score (nSPS) is 12.1. The molecule has 3 heteroatoms. The van der Waals surface area contributed by atoms with Crippen LogP contribution in [0.1, 0.15) is 18.1 Å². The molecule has 2 aromatic carbocycles. The van der Waals surface area contributed by atoms with Gasteiger partial charge in [0.25, 0.3) is 0 Å². The van der Waals surface area contributed by atoms with E-state index >= 15 is 0 Å². The van der Waals surface area contributed by atoms with E-state index in [0.717, 1.165) is 21.2 Å². The van der Waals surface area contributed by atoms with Crippen molar-refractivity contribution in [3.8, 4) is 0 Å². The summed E-state index contributed by atoms with van der Waals surface area (Å²) in [6.07, 6.45) is 1.03. The van der Waals surface area contributed by atoms with Gasteiger partial charge in [-0.25, -0.2) is 0 Å². The maximum Gasteiger partial charge on any atom is 0.0781 e. The predicted molar refractivity (Wildman–Crippen MR) is 90.4 cm³/mol. The second-order valence-corrected chi connectivity index (χ2v) is 6.96. The molecule has 2 aromatic rings. The van der Waals surface area contributed by atoms with E-state index in [9.17, 15) is 0 Å². The maximum atomic E-state index is 5.88. The minimum Gasteiger partial charge on any atom is -0.111 e. The van der Waals surface area contributed by atoms with Gasteiger partial charge in [0.15, 0.2) is 0 Å². The van der Waals surface area contributed by atoms with Crippen molar-refractivity contribution in [1.82, 2.24) is 0 Å². The van der Waals surface area contributed by atoms with Crippen LogP contribution in [0.5, 0.6) is 0 Å². The average molecular weight is 307 g/mol. The van der Waals surface area contributed by atoms with Gasteiger partial charge in [0.1, 0.15) is 0 Å². The third kappa shape index (κ3) is 4.64. The smallest absolute Gasteiger partial charge is 0.0781 e. The third-order valence-corrected chi connectivity index (χ3v) is 4.55. The van der Waals surface area contributed by atoms with E-state index in [1.807, 2.05) is 30.3 Å². The molecule has 0 aliphatic heterocycles. The molecule has 0 aliphatic rings. The Balaban J connectivity index is 1.93. The van der Waals surface area contributed by atoms with Crippen LogP contribution in [0.2, 0.25) is 5.02 Å². The van der Waals surface area contributed by atoms with Gasteiger partial charge >= 0.3 is 0 Å². The van der Waals surface area contributed by atoms with Crippen LogP contribution in [-0.2, 0) is 6.42 Å². The Hall–Kier alpha value is -0.830. The quantitative estimate of drug-likeness (QED) is 0.696. The first kappa shape index (κ1) is 14.6. The monoisotopic (exact) mass is 306 g/mol. The summed E-state index contributed by atoms with van der Waals surface area (Å²) in [7, 11) is 0. The van der Waals surface area contributed by atoms with Crippen molar-refractivity contribution < 1.29 is 0 Å². The van der Waals surface area contributed by atoms with Gasteiger partial charge in [0.2, 0.25) is 0 Å². The zero-order valence-corrected chi connectivity index (χ0v) is 13.1. The van der Waals surface area contributed by atoms with Crippen LogP contribution in [0.4, 0.5) is 0 Å². The Bertz CT molecular complexity index is 534. The molecule has 0 aromatic heterocycles. The minimum atomic E-state index is 0.463. The van der Waals surface area contributed by atoms with Crippen LogP contribution in [0.15, 0.2) is 54.6 Å². The van der Waals surface area contributed by atoms with E-state index in [1.54, 1.807) is 11.8 Å². The van der Waals surface area contributed by atoms with Gasteiger partial charge < -0.3 is 0 Å². The summed E-state index contributed by atoms with van der Waals surface area (Å²) < 4.78 is 0.931. The average Bonchev–Trinajstić information content (AvgIpc) is 2.40. The van der Waals surface area contributed by atoms with Gasteiger partial charge in [-0.15, -0.1) is 11.8 Å². The molecule has 0 saturated carbocycles. The Morgan fingerprint density at radius 3 is 2.37 bits per heavy atom. The molecule has 0 heterocycles. The van der Waals surface area contributed by atoms with Crippen LogP contribution in [0, 0.1) is 0 Å². The lowest BCUT2D eigenvalue weighted by molar-refractivity contribution is 0.948. The molecule has 0 aliphatic carbocycles. The number of hydrogen-bond donors (Lipinski definition) is 0. The molecule has 0 N–H and O–H groups in total. The largest absolute Gasteiger partial charge is 0.111 e. The van der Waals surface area contributed by atoms with Crippen molar-refractivity contribution in [2.45, 2.75) is 18.6 Å². The Morgan fingerprint density at radius 2 is 1.74 bits per heavy atom. The first-order chi connectivity index (χ1) is 9.15. The highest BCUT2D eigenvalue weighted by atomic mass is 35.5.